The molecule has 0 aromatic heterocycles. The van der Waals surface area contributed by atoms with E-state index in [0.717, 1.165) is 24.0 Å². The molecule has 2 aromatic carbocycles. The van der Waals surface area contributed by atoms with E-state index in [2.05, 4.69) is 0 Å². The van der Waals surface area contributed by atoms with Crippen LogP contribution in [-0.2, 0) is 44.5 Å². The number of ketones is 2. The summed E-state index contributed by atoms with van der Waals surface area (Å²) in [5.74, 6) is -3.93. The van der Waals surface area contributed by atoms with E-state index in [1.807, 2.05) is 6.07 Å². The minimum absolute atomic E-state index is 0.0169. The van der Waals surface area contributed by atoms with Crippen molar-refractivity contribution in [3.05, 3.63) is 83.9 Å². The van der Waals surface area contributed by atoms with Gasteiger partial charge in [0.05, 0.1) is 38.4 Å². The number of hydrogen-bond donors (Lipinski definition) is 1. The SMILES string of the molecule is CC(=O)OC(C(=O)C=CC(=O)CCCOCCOCCO)C(Cc1ccccc1)C(=O)N1C(=O)OC(c2ccccc2)C1C. The number of aliphatic hydroxyl groups is 1. The fraction of sp³-hybridized carbons (Fsp3) is 0.424. The monoisotopic (exact) mass is 609 g/mol. The van der Waals surface area contributed by atoms with Crippen LogP contribution in [0.2, 0.25) is 0 Å². The molecule has 3 rings (SSSR count). The van der Waals surface area contributed by atoms with Gasteiger partial charge in [0.1, 0.15) is 6.10 Å². The first-order valence-corrected chi connectivity index (χ1v) is 14.5. The van der Waals surface area contributed by atoms with Gasteiger partial charge in [0.25, 0.3) is 0 Å². The number of benzene rings is 2. The Morgan fingerprint density at radius 3 is 2.20 bits per heavy atom. The van der Waals surface area contributed by atoms with E-state index in [1.165, 1.54) is 0 Å². The highest BCUT2D eigenvalue weighted by Gasteiger charge is 2.48. The maximum atomic E-state index is 14.1. The Morgan fingerprint density at radius 1 is 0.932 bits per heavy atom. The van der Waals surface area contributed by atoms with Crippen LogP contribution in [0.3, 0.4) is 0 Å². The zero-order chi connectivity index (χ0) is 31.9. The number of nitrogens with zero attached hydrogens (tertiary/aromatic N) is 1. The second-order valence-corrected chi connectivity index (χ2v) is 10.2. The molecule has 236 valence electrons. The van der Waals surface area contributed by atoms with Gasteiger partial charge in [-0.15, -0.1) is 0 Å². The smallest absolute Gasteiger partial charge is 0.417 e. The molecule has 2 aromatic rings. The highest BCUT2D eigenvalue weighted by atomic mass is 16.6. The number of cyclic esters (lactones) is 1. The van der Waals surface area contributed by atoms with Crippen LogP contribution < -0.4 is 0 Å². The third-order valence-corrected chi connectivity index (χ3v) is 6.94. The van der Waals surface area contributed by atoms with Gasteiger partial charge in [0.2, 0.25) is 5.91 Å². The predicted molar refractivity (Wildman–Crippen MR) is 158 cm³/mol. The number of carbonyl (C=O) groups excluding carboxylic acids is 5. The number of allylic oxidation sites excluding steroid dienone is 1. The molecule has 11 nitrogen and oxygen atoms in total. The molecule has 0 radical (unpaired) electrons. The number of carbonyl (C=O) groups is 5. The lowest BCUT2D eigenvalue weighted by atomic mass is 9.89. The van der Waals surface area contributed by atoms with Crippen LogP contribution in [0.1, 0.15) is 43.9 Å². The van der Waals surface area contributed by atoms with Crippen LogP contribution in [0.25, 0.3) is 0 Å². The Labute approximate surface area is 256 Å². The van der Waals surface area contributed by atoms with Gasteiger partial charge in [0, 0.05) is 20.0 Å². The molecule has 1 aliphatic rings. The van der Waals surface area contributed by atoms with Crippen LogP contribution >= 0.6 is 0 Å². The molecule has 4 unspecified atom stereocenters. The highest BCUT2D eigenvalue weighted by Crippen LogP contribution is 2.34. The highest BCUT2D eigenvalue weighted by molar-refractivity contribution is 6.04. The van der Waals surface area contributed by atoms with E-state index in [-0.39, 0.29) is 31.8 Å². The molecular formula is C33H39NO10. The van der Waals surface area contributed by atoms with Crippen molar-refractivity contribution >= 4 is 29.5 Å². The van der Waals surface area contributed by atoms with Crippen LogP contribution in [0, 0.1) is 5.92 Å². The summed E-state index contributed by atoms with van der Waals surface area (Å²) in [7, 11) is 0. The molecule has 0 bridgehead atoms. The first-order valence-electron chi connectivity index (χ1n) is 14.5. The molecule has 1 saturated heterocycles. The zero-order valence-corrected chi connectivity index (χ0v) is 25.0. The van der Waals surface area contributed by atoms with Crippen molar-refractivity contribution in [1.29, 1.82) is 0 Å². The van der Waals surface area contributed by atoms with Crippen LogP contribution in [0.15, 0.2) is 72.8 Å². The number of amides is 2. The summed E-state index contributed by atoms with van der Waals surface area (Å²) in [5, 5.41) is 8.68. The summed E-state index contributed by atoms with van der Waals surface area (Å²) < 4.78 is 21.4. The third kappa shape index (κ3) is 10.2. The van der Waals surface area contributed by atoms with E-state index in [9.17, 15) is 24.0 Å². The molecule has 1 aliphatic heterocycles. The van der Waals surface area contributed by atoms with Crippen molar-refractivity contribution in [3.63, 3.8) is 0 Å². The van der Waals surface area contributed by atoms with E-state index in [1.54, 1.807) is 61.5 Å². The topological polar surface area (TPSA) is 146 Å². The van der Waals surface area contributed by atoms with Crippen molar-refractivity contribution in [2.75, 3.05) is 33.0 Å². The van der Waals surface area contributed by atoms with Gasteiger partial charge in [0.15, 0.2) is 17.7 Å². The summed E-state index contributed by atoms with van der Waals surface area (Å²) in [4.78, 5) is 66.0. The zero-order valence-electron chi connectivity index (χ0n) is 25.0. The number of ether oxygens (including phenoxy) is 4. The van der Waals surface area contributed by atoms with Gasteiger partial charge in [-0.3, -0.25) is 19.2 Å². The van der Waals surface area contributed by atoms with Gasteiger partial charge in [-0.05, 0) is 43.0 Å². The molecule has 11 heteroatoms. The quantitative estimate of drug-likeness (QED) is 0.152. The van der Waals surface area contributed by atoms with E-state index >= 15 is 0 Å². The fourth-order valence-electron chi connectivity index (χ4n) is 4.82. The van der Waals surface area contributed by atoms with E-state index in [4.69, 9.17) is 24.1 Å². The Kier molecular flexibility index (Phi) is 13.9. The number of rotatable bonds is 18. The average molecular weight is 610 g/mol. The van der Waals surface area contributed by atoms with Gasteiger partial charge >= 0.3 is 12.1 Å². The van der Waals surface area contributed by atoms with Crippen LogP contribution in [0.4, 0.5) is 4.79 Å². The Hall–Kier alpha value is -4.19. The van der Waals surface area contributed by atoms with Crippen molar-refractivity contribution in [1.82, 2.24) is 4.90 Å². The molecule has 1 fully saturated rings. The molecule has 0 aliphatic carbocycles. The van der Waals surface area contributed by atoms with Gasteiger partial charge < -0.3 is 24.1 Å². The number of imide groups is 1. The van der Waals surface area contributed by atoms with Gasteiger partial charge in [-0.2, -0.15) is 0 Å². The molecule has 2 amide bonds. The van der Waals surface area contributed by atoms with Crippen molar-refractivity contribution in [3.8, 4) is 0 Å². The molecule has 1 N–H and O–H groups in total. The summed E-state index contributed by atoms with van der Waals surface area (Å²) in [5.41, 5.74) is 1.38. The predicted octanol–water partition coefficient (Wildman–Crippen LogP) is 3.39. The second-order valence-electron chi connectivity index (χ2n) is 10.2. The third-order valence-electron chi connectivity index (χ3n) is 6.94. The Bertz CT molecular complexity index is 1280. The van der Waals surface area contributed by atoms with Crippen molar-refractivity contribution < 1.29 is 48.0 Å². The first-order chi connectivity index (χ1) is 21.2. The Morgan fingerprint density at radius 2 is 1.57 bits per heavy atom. The lowest BCUT2D eigenvalue weighted by Gasteiger charge is -2.28. The summed E-state index contributed by atoms with van der Waals surface area (Å²) in [6, 6.07) is 17.1. The van der Waals surface area contributed by atoms with Crippen LogP contribution in [-0.4, -0.2) is 84.7 Å². The lowest BCUT2D eigenvalue weighted by molar-refractivity contribution is -0.158. The summed E-state index contributed by atoms with van der Waals surface area (Å²) in [6.45, 7) is 3.88. The van der Waals surface area contributed by atoms with E-state index in [0.29, 0.717) is 37.4 Å². The van der Waals surface area contributed by atoms with Crippen molar-refractivity contribution in [2.45, 2.75) is 51.4 Å². The minimum atomic E-state index is -1.60. The molecule has 0 spiro atoms. The average Bonchev–Trinajstić information content (AvgIpc) is 3.32. The minimum Gasteiger partial charge on any atom is -0.453 e. The standard InChI is InChI=1S/C33H39NO10/c1-23-30(26-12-7-4-8-13-26)44-33(40)34(23)32(39)28(22-25-10-5-3-6-11-25)31(43-24(2)36)29(38)16-15-27(37)14-9-18-41-20-21-42-19-17-35/h3-8,10-13,15-16,23,28,30-31,35H,9,14,17-22H2,1-2H3. The van der Waals surface area contributed by atoms with Crippen LogP contribution in [0.5, 0.6) is 0 Å². The van der Waals surface area contributed by atoms with E-state index < -0.39 is 47.9 Å². The fourth-order valence-corrected chi connectivity index (χ4v) is 4.82. The van der Waals surface area contributed by atoms with Crippen molar-refractivity contribution in [2.24, 2.45) is 5.92 Å². The normalized spacial score (nSPS) is 17.7. The number of hydrogen-bond acceptors (Lipinski definition) is 10. The summed E-state index contributed by atoms with van der Waals surface area (Å²) in [6.07, 6.45) is -0.603. The molecule has 0 saturated carbocycles. The number of esters is 1. The maximum absolute atomic E-state index is 14.1. The summed E-state index contributed by atoms with van der Waals surface area (Å²) >= 11 is 0. The maximum Gasteiger partial charge on any atom is 0.417 e. The Balaban J connectivity index is 1.76. The van der Waals surface area contributed by atoms with Gasteiger partial charge in [-0.25, -0.2) is 9.69 Å². The first kappa shape index (κ1) is 34.3. The number of aliphatic hydroxyl groups excluding tert-OH is 1. The molecule has 4 atom stereocenters. The molecule has 44 heavy (non-hydrogen) atoms. The second kappa shape index (κ2) is 17.8. The lowest BCUT2D eigenvalue weighted by Crippen LogP contribution is -2.48. The van der Waals surface area contributed by atoms with Gasteiger partial charge in [-0.1, -0.05) is 60.7 Å². The molecular weight excluding hydrogens is 570 g/mol. The molecule has 1 heterocycles. The largest absolute Gasteiger partial charge is 0.453 e.